The molecular weight excluding hydrogens is 346 g/mol. The van der Waals surface area contributed by atoms with Crippen molar-refractivity contribution in [2.45, 2.75) is 20.0 Å². The first-order chi connectivity index (χ1) is 12.0. The van der Waals surface area contributed by atoms with Gasteiger partial charge in [0.1, 0.15) is 0 Å². The van der Waals surface area contributed by atoms with Crippen molar-refractivity contribution in [1.82, 2.24) is 10.2 Å². The normalized spacial score (nSPS) is 11.9. The van der Waals surface area contributed by atoms with Gasteiger partial charge in [0, 0.05) is 11.6 Å². The maximum Gasteiger partial charge on any atom is 0.339 e. The lowest BCUT2D eigenvalue weighted by atomic mass is 10.1. The molecule has 128 valence electrons. The molecule has 0 N–H and O–H groups in total. The van der Waals surface area contributed by atoms with Crippen molar-refractivity contribution in [3.05, 3.63) is 62.8 Å². The highest BCUT2D eigenvalue weighted by atomic mass is 32.1. The summed E-state index contributed by atoms with van der Waals surface area (Å²) in [4.78, 5) is 23.5. The highest BCUT2D eigenvalue weighted by Gasteiger charge is 2.22. The number of aromatic nitrogens is 2. The Bertz CT molecular complexity index is 920. The molecule has 1 atom stereocenters. The van der Waals surface area contributed by atoms with Crippen LogP contribution < -0.4 is 0 Å². The first-order valence-electron chi connectivity index (χ1n) is 7.29. The number of carbonyl (C=O) groups excluding carboxylic acids is 1. The third-order valence-electron chi connectivity index (χ3n) is 3.45. The van der Waals surface area contributed by atoms with E-state index in [1.54, 1.807) is 13.8 Å². The number of nitro benzene ring substituents is 1. The summed E-state index contributed by atoms with van der Waals surface area (Å²) in [5.74, 6) is -0.205. The zero-order chi connectivity index (χ0) is 18.0. The van der Waals surface area contributed by atoms with Crippen LogP contribution in [0.15, 0.2) is 40.1 Å². The van der Waals surface area contributed by atoms with E-state index in [0.29, 0.717) is 11.5 Å². The van der Waals surface area contributed by atoms with Crippen molar-refractivity contribution < 1.29 is 18.9 Å². The van der Waals surface area contributed by atoms with Gasteiger partial charge in [0.25, 0.3) is 17.5 Å². The highest BCUT2D eigenvalue weighted by molar-refractivity contribution is 7.13. The molecule has 2 heterocycles. The Balaban J connectivity index is 1.75. The number of aryl methyl sites for hydroxylation is 1. The van der Waals surface area contributed by atoms with Crippen LogP contribution in [0.5, 0.6) is 0 Å². The van der Waals surface area contributed by atoms with Crippen LogP contribution in [0.3, 0.4) is 0 Å². The van der Waals surface area contributed by atoms with Gasteiger partial charge in [-0.25, -0.2) is 4.79 Å². The summed E-state index contributed by atoms with van der Waals surface area (Å²) in [6.07, 6.45) is -0.783. The zero-order valence-corrected chi connectivity index (χ0v) is 14.1. The summed E-state index contributed by atoms with van der Waals surface area (Å²) in [7, 11) is 0. The van der Waals surface area contributed by atoms with Crippen LogP contribution in [0, 0.1) is 17.0 Å². The molecule has 3 rings (SSSR count). The molecule has 0 aliphatic rings. The van der Waals surface area contributed by atoms with Gasteiger partial charge in [0.05, 0.1) is 15.4 Å². The largest absolute Gasteiger partial charge is 0.449 e. The number of esters is 1. The monoisotopic (exact) mass is 359 g/mol. The average Bonchev–Trinajstić information content (AvgIpc) is 3.26. The molecule has 0 aliphatic carbocycles. The van der Waals surface area contributed by atoms with Crippen molar-refractivity contribution in [3.63, 3.8) is 0 Å². The average molecular weight is 359 g/mol. The van der Waals surface area contributed by atoms with Crippen molar-refractivity contribution in [2.24, 2.45) is 0 Å². The fraction of sp³-hybridized carbons (Fsp3) is 0.188. The van der Waals surface area contributed by atoms with Crippen LogP contribution in [-0.4, -0.2) is 21.1 Å². The predicted octanol–water partition coefficient (Wildman–Crippen LogP) is 3.93. The third kappa shape index (κ3) is 3.56. The van der Waals surface area contributed by atoms with E-state index in [4.69, 9.17) is 9.15 Å². The number of carbonyl (C=O) groups is 1. The Morgan fingerprint density at radius 3 is 2.84 bits per heavy atom. The lowest BCUT2D eigenvalue weighted by Crippen LogP contribution is -2.10. The Morgan fingerprint density at radius 1 is 1.36 bits per heavy atom. The van der Waals surface area contributed by atoms with Crippen molar-refractivity contribution >= 4 is 23.0 Å². The SMILES string of the molecule is Cc1ccc(C(=O)OC(C)c2nnc(-c3cccs3)o2)cc1[N+](=O)[O-]. The van der Waals surface area contributed by atoms with Crippen molar-refractivity contribution in [2.75, 3.05) is 0 Å². The molecule has 1 unspecified atom stereocenters. The number of hydrogen-bond donors (Lipinski definition) is 0. The number of benzene rings is 1. The predicted molar refractivity (Wildman–Crippen MR) is 89.3 cm³/mol. The Kier molecular flexibility index (Phi) is 4.57. The molecule has 0 radical (unpaired) electrons. The first kappa shape index (κ1) is 16.8. The van der Waals surface area contributed by atoms with Crippen LogP contribution >= 0.6 is 11.3 Å². The Morgan fingerprint density at radius 2 is 2.16 bits per heavy atom. The van der Waals surface area contributed by atoms with Crippen molar-refractivity contribution in [3.8, 4) is 10.8 Å². The molecule has 25 heavy (non-hydrogen) atoms. The molecule has 1 aromatic carbocycles. The number of rotatable bonds is 5. The molecule has 0 aliphatic heterocycles. The quantitative estimate of drug-likeness (QED) is 0.386. The molecule has 0 fully saturated rings. The topological polar surface area (TPSA) is 108 Å². The van der Waals surface area contributed by atoms with Crippen LogP contribution in [0.4, 0.5) is 5.69 Å². The molecule has 0 bridgehead atoms. The van der Waals surface area contributed by atoms with Crippen LogP contribution in [-0.2, 0) is 4.74 Å². The van der Waals surface area contributed by atoms with Gasteiger partial charge in [-0.1, -0.05) is 12.1 Å². The van der Waals surface area contributed by atoms with Gasteiger partial charge < -0.3 is 9.15 Å². The molecule has 8 nitrogen and oxygen atoms in total. The van der Waals surface area contributed by atoms with Gasteiger partial charge >= 0.3 is 5.97 Å². The fourth-order valence-electron chi connectivity index (χ4n) is 2.11. The minimum atomic E-state index is -0.783. The van der Waals surface area contributed by atoms with E-state index in [9.17, 15) is 14.9 Å². The molecule has 0 spiro atoms. The van der Waals surface area contributed by atoms with Gasteiger partial charge in [-0.15, -0.1) is 21.5 Å². The van der Waals surface area contributed by atoms with Gasteiger partial charge in [-0.3, -0.25) is 10.1 Å². The second-order valence-electron chi connectivity index (χ2n) is 5.23. The van der Waals surface area contributed by atoms with E-state index in [1.165, 1.54) is 29.5 Å². The second kappa shape index (κ2) is 6.81. The molecule has 0 amide bonds. The number of ether oxygens (including phenoxy) is 1. The van der Waals surface area contributed by atoms with E-state index in [2.05, 4.69) is 10.2 Å². The zero-order valence-electron chi connectivity index (χ0n) is 13.3. The highest BCUT2D eigenvalue weighted by Crippen LogP contribution is 2.27. The summed E-state index contributed by atoms with van der Waals surface area (Å²) >= 11 is 1.45. The Hall–Kier alpha value is -3.07. The Labute approximate surface area is 146 Å². The van der Waals surface area contributed by atoms with Crippen molar-refractivity contribution in [1.29, 1.82) is 0 Å². The molecule has 0 saturated carbocycles. The van der Waals surface area contributed by atoms with Crippen LogP contribution in [0.25, 0.3) is 10.8 Å². The van der Waals surface area contributed by atoms with E-state index < -0.39 is 17.0 Å². The smallest absolute Gasteiger partial charge is 0.339 e. The van der Waals surface area contributed by atoms with Crippen LogP contribution in [0.1, 0.15) is 34.8 Å². The summed E-state index contributed by atoms with van der Waals surface area (Å²) < 4.78 is 10.8. The standard InChI is InChI=1S/C16H13N3O5S/c1-9-5-6-11(8-12(9)19(21)22)16(20)23-10(2)14-17-18-15(24-14)13-4-3-7-25-13/h3-8,10H,1-2H3. The first-order valence-corrected chi connectivity index (χ1v) is 8.17. The van der Waals surface area contributed by atoms with E-state index >= 15 is 0 Å². The van der Waals surface area contributed by atoms with Gasteiger partial charge in [0.2, 0.25) is 0 Å². The molecule has 0 saturated heterocycles. The summed E-state index contributed by atoms with van der Waals surface area (Å²) in [5, 5.41) is 20.7. The van der Waals surface area contributed by atoms with E-state index in [-0.39, 0.29) is 17.1 Å². The number of nitrogens with zero attached hydrogens (tertiary/aromatic N) is 3. The molecule has 3 aromatic rings. The summed E-state index contributed by atoms with van der Waals surface area (Å²) in [5.41, 5.74) is 0.411. The van der Waals surface area contributed by atoms with Gasteiger partial charge in [-0.2, -0.15) is 0 Å². The van der Waals surface area contributed by atoms with E-state index in [0.717, 1.165) is 4.88 Å². The van der Waals surface area contributed by atoms with E-state index in [1.807, 2.05) is 17.5 Å². The lowest BCUT2D eigenvalue weighted by molar-refractivity contribution is -0.385. The maximum absolute atomic E-state index is 12.2. The number of nitro groups is 1. The molecule has 9 heteroatoms. The van der Waals surface area contributed by atoms with Gasteiger partial charge in [-0.05, 0) is 31.4 Å². The molecular formula is C16H13N3O5S. The van der Waals surface area contributed by atoms with Crippen LogP contribution in [0.2, 0.25) is 0 Å². The number of thiophene rings is 1. The maximum atomic E-state index is 12.2. The minimum Gasteiger partial charge on any atom is -0.449 e. The van der Waals surface area contributed by atoms with Gasteiger partial charge in [0.15, 0.2) is 6.10 Å². The minimum absolute atomic E-state index is 0.0853. The fourth-order valence-corrected chi connectivity index (χ4v) is 2.75. The summed E-state index contributed by atoms with van der Waals surface area (Å²) in [6.45, 7) is 3.19. The number of hydrogen-bond acceptors (Lipinski definition) is 8. The lowest BCUT2D eigenvalue weighted by Gasteiger charge is -2.09. The summed E-state index contributed by atoms with van der Waals surface area (Å²) in [6, 6.07) is 7.86. The second-order valence-corrected chi connectivity index (χ2v) is 6.18. The molecule has 2 aromatic heterocycles. The third-order valence-corrected chi connectivity index (χ3v) is 4.30.